The molecule has 2 heterocycles. The van der Waals surface area contributed by atoms with Gasteiger partial charge in [0.05, 0.1) is 23.4 Å². The molecule has 0 aromatic heterocycles. The first-order chi connectivity index (χ1) is 25.2. The smallest absolute Gasteiger partial charge is 0.269 e. The van der Waals surface area contributed by atoms with E-state index in [2.05, 4.69) is 41.2 Å². The zero-order valence-corrected chi connectivity index (χ0v) is 30.0. The number of amides is 2. The number of methoxy groups -OCH3 is 1. The van der Waals surface area contributed by atoms with Crippen LogP contribution in [-0.2, 0) is 22.4 Å². The van der Waals surface area contributed by atoms with Crippen LogP contribution in [0, 0.1) is 32.8 Å². The molecular weight excluding hydrogens is 670 g/mol. The van der Waals surface area contributed by atoms with Crippen LogP contribution in [0.25, 0.3) is 11.4 Å². The van der Waals surface area contributed by atoms with Gasteiger partial charge < -0.3 is 26.0 Å². The Bertz CT molecular complexity index is 2220. The molecule has 12 nitrogen and oxygen atoms in total. The van der Waals surface area contributed by atoms with Gasteiger partial charge in [-0.05, 0) is 75.9 Å². The number of benzene rings is 4. The molecular formula is C41H39N7O5. The summed E-state index contributed by atoms with van der Waals surface area (Å²) in [5, 5.41) is 42.1. The summed E-state index contributed by atoms with van der Waals surface area (Å²) in [5.74, 6) is -0.381. The summed E-state index contributed by atoms with van der Waals surface area (Å²) in [5.41, 5.74) is 5.31. The Balaban J connectivity index is 0.000000204. The molecule has 4 aromatic rings. The number of ether oxygens (including phenoxy) is 1. The molecule has 2 amide bonds. The van der Waals surface area contributed by atoms with Crippen LogP contribution in [0.5, 0.6) is 5.75 Å². The summed E-state index contributed by atoms with van der Waals surface area (Å²) in [6, 6.07) is 32.1. The van der Waals surface area contributed by atoms with Crippen LogP contribution in [0.1, 0.15) is 49.9 Å². The number of non-ortho nitro benzene ring substituents is 1. The predicted octanol–water partition coefficient (Wildman–Crippen LogP) is 6.89. The molecule has 0 radical (unpaired) electrons. The highest BCUT2D eigenvalue weighted by atomic mass is 16.6. The fourth-order valence-electron chi connectivity index (χ4n) is 6.28. The molecule has 0 atom stereocenters. The van der Waals surface area contributed by atoms with E-state index in [-0.39, 0.29) is 27.9 Å². The van der Waals surface area contributed by atoms with E-state index in [1.807, 2.05) is 68.4 Å². The fourth-order valence-corrected chi connectivity index (χ4v) is 6.28. The Labute approximate surface area is 307 Å². The van der Waals surface area contributed by atoms with Crippen LogP contribution in [0.2, 0.25) is 0 Å². The van der Waals surface area contributed by atoms with E-state index >= 15 is 0 Å². The molecule has 4 N–H and O–H groups in total. The number of anilines is 2. The molecule has 2 aliphatic heterocycles. The highest BCUT2D eigenvalue weighted by molar-refractivity contribution is 6.13. The lowest BCUT2D eigenvalue weighted by Gasteiger charge is -2.36. The fraction of sp³-hybridized carbons (Fsp3) is 0.220. The van der Waals surface area contributed by atoms with Crippen LogP contribution in [-0.4, -0.2) is 34.9 Å². The minimum absolute atomic E-state index is 0.0337. The van der Waals surface area contributed by atoms with E-state index in [1.54, 1.807) is 31.4 Å². The van der Waals surface area contributed by atoms with E-state index in [4.69, 9.17) is 4.74 Å². The van der Waals surface area contributed by atoms with Crippen molar-refractivity contribution in [2.75, 3.05) is 17.7 Å². The number of fused-ring (bicyclic) bond motifs is 2. The number of nitriles is 2. The number of hydrogen-bond acceptors (Lipinski definition) is 9. The van der Waals surface area contributed by atoms with E-state index in [1.165, 1.54) is 24.3 Å². The van der Waals surface area contributed by atoms with Gasteiger partial charge in [-0.25, -0.2) is 0 Å². The van der Waals surface area contributed by atoms with Crippen LogP contribution in [0.15, 0.2) is 108 Å². The summed E-state index contributed by atoms with van der Waals surface area (Å²) in [6.07, 6.45) is 1.60. The summed E-state index contributed by atoms with van der Waals surface area (Å²) in [7, 11) is 1.56. The van der Waals surface area contributed by atoms with Crippen molar-refractivity contribution in [3.63, 3.8) is 0 Å². The molecule has 0 fully saturated rings. The van der Waals surface area contributed by atoms with E-state index < -0.39 is 16.7 Å². The van der Waals surface area contributed by atoms with Crippen LogP contribution >= 0.6 is 0 Å². The van der Waals surface area contributed by atoms with Gasteiger partial charge in [0, 0.05) is 51.8 Å². The molecule has 268 valence electrons. The molecule has 4 aromatic carbocycles. The number of nitro groups is 1. The molecule has 2 aliphatic rings. The Morgan fingerprint density at radius 2 is 1.19 bits per heavy atom. The van der Waals surface area contributed by atoms with Crippen molar-refractivity contribution >= 4 is 40.3 Å². The summed E-state index contributed by atoms with van der Waals surface area (Å²) < 4.78 is 5.17. The maximum Gasteiger partial charge on any atom is 0.269 e. The zero-order chi connectivity index (χ0) is 38.3. The molecule has 0 saturated carbocycles. The van der Waals surface area contributed by atoms with Crippen molar-refractivity contribution < 1.29 is 19.2 Å². The molecule has 53 heavy (non-hydrogen) atoms. The highest BCUT2D eigenvalue weighted by Gasteiger charge is 2.32. The quantitative estimate of drug-likeness (QED) is 0.0717. The number of carbonyl (C=O) groups excluding carboxylic acids is 2. The molecule has 6 rings (SSSR count). The van der Waals surface area contributed by atoms with E-state index in [0.717, 1.165) is 35.1 Å². The maximum absolute atomic E-state index is 12.8. The number of carbonyl (C=O) groups is 2. The lowest BCUT2D eigenvalue weighted by Crippen LogP contribution is -2.44. The number of nitro benzene ring substituents is 1. The molecule has 0 bridgehead atoms. The van der Waals surface area contributed by atoms with E-state index in [9.17, 15) is 30.2 Å². The monoisotopic (exact) mass is 709 g/mol. The first-order valence-electron chi connectivity index (χ1n) is 16.8. The Kier molecular flexibility index (Phi) is 10.9. The van der Waals surface area contributed by atoms with Gasteiger partial charge in [0.25, 0.3) is 17.5 Å². The van der Waals surface area contributed by atoms with Crippen LogP contribution < -0.4 is 26.0 Å². The topological polar surface area (TPSA) is 182 Å². The lowest BCUT2D eigenvalue weighted by atomic mass is 9.84. The Morgan fingerprint density at radius 3 is 1.64 bits per heavy atom. The number of rotatable bonds is 6. The molecule has 0 saturated heterocycles. The van der Waals surface area contributed by atoms with Crippen molar-refractivity contribution in [1.29, 1.82) is 10.5 Å². The lowest BCUT2D eigenvalue weighted by molar-refractivity contribution is -0.384. The molecule has 0 unspecified atom stereocenters. The van der Waals surface area contributed by atoms with Crippen molar-refractivity contribution in [2.45, 2.75) is 51.6 Å². The third-order valence-electron chi connectivity index (χ3n) is 8.61. The van der Waals surface area contributed by atoms with Gasteiger partial charge in [0.2, 0.25) is 0 Å². The van der Waals surface area contributed by atoms with Crippen molar-refractivity contribution in [3.8, 4) is 17.9 Å². The normalized spacial score (nSPS) is 16.4. The number of hydrogen-bond donors (Lipinski definition) is 4. The number of nitrogens with zero attached hydrogens (tertiary/aromatic N) is 3. The van der Waals surface area contributed by atoms with Crippen molar-refractivity contribution in [3.05, 3.63) is 141 Å². The first kappa shape index (κ1) is 37.3. The minimum Gasteiger partial charge on any atom is -0.497 e. The maximum atomic E-state index is 12.8. The standard InChI is InChI=1S/C21H21N3O2.C20H18N4O3/c1-21(2)12-14-7-4-5-10-17(14)19(24-21)18(13-22)20(25)23-15-8-6-9-16(11-15)26-3;1-20(2)11-13-5-3-4-6-16(13)18(23-20)17(12-21)19(25)22-14-7-9-15(10-8-14)24(26)27/h4-11,24H,12H2,1-3H3,(H,23,25);3-10,23H,11H2,1-2H3,(H,22,25). The summed E-state index contributed by atoms with van der Waals surface area (Å²) >= 11 is 0. The van der Waals surface area contributed by atoms with Crippen LogP contribution in [0.4, 0.5) is 17.1 Å². The van der Waals surface area contributed by atoms with Crippen molar-refractivity contribution in [1.82, 2.24) is 10.6 Å². The minimum atomic E-state index is -0.568. The Hall–Kier alpha value is -6.92. The third kappa shape index (κ3) is 8.88. The molecule has 0 spiro atoms. The Morgan fingerprint density at radius 1 is 0.717 bits per heavy atom. The SMILES string of the molecule is CC1(C)Cc2ccccc2C(=C(C#N)C(=O)Nc2ccc([N+](=O)[O-])cc2)N1.COc1cccc(NC(=O)C(C#N)=C2NC(C)(C)Cc3ccccc32)c1. The van der Waals surface area contributed by atoms with Gasteiger partial charge in [-0.15, -0.1) is 0 Å². The largest absolute Gasteiger partial charge is 0.497 e. The highest BCUT2D eigenvalue weighted by Crippen LogP contribution is 2.33. The summed E-state index contributed by atoms with van der Waals surface area (Å²) in [6.45, 7) is 8.12. The van der Waals surface area contributed by atoms with Crippen molar-refractivity contribution in [2.24, 2.45) is 0 Å². The molecule has 12 heteroatoms. The second-order valence-corrected chi connectivity index (χ2v) is 13.9. The van der Waals surface area contributed by atoms with Gasteiger partial charge in [-0.1, -0.05) is 54.6 Å². The van der Waals surface area contributed by atoms with E-state index in [0.29, 0.717) is 28.5 Å². The summed E-state index contributed by atoms with van der Waals surface area (Å²) in [4.78, 5) is 35.7. The van der Waals surface area contributed by atoms with Gasteiger partial charge in [0.1, 0.15) is 29.0 Å². The predicted molar refractivity (Wildman–Crippen MR) is 203 cm³/mol. The van der Waals surface area contributed by atoms with Gasteiger partial charge in [0.15, 0.2) is 0 Å². The number of nitrogens with one attached hydrogen (secondary N) is 4. The average molecular weight is 710 g/mol. The molecule has 0 aliphatic carbocycles. The van der Waals surface area contributed by atoms with Gasteiger partial charge in [-0.3, -0.25) is 19.7 Å². The average Bonchev–Trinajstić information content (AvgIpc) is 3.12. The first-order valence-corrected chi connectivity index (χ1v) is 16.8. The van der Waals surface area contributed by atoms with Crippen LogP contribution in [0.3, 0.4) is 0 Å². The second-order valence-electron chi connectivity index (χ2n) is 13.9. The zero-order valence-electron chi connectivity index (χ0n) is 30.0. The van der Waals surface area contributed by atoms with Gasteiger partial charge in [-0.2, -0.15) is 10.5 Å². The van der Waals surface area contributed by atoms with Gasteiger partial charge >= 0.3 is 0 Å². The second kappa shape index (κ2) is 15.5. The third-order valence-corrected chi connectivity index (χ3v) is 8.61.